The van der Waals surface area contributed by atoms with Crippen LogP contribution < -0.4 is 10.1 Å². The highest BCUT2D eigenvalue weighted by atomic mass is 79.9. The van der Waals surface area contributed by atoms with Gasteiger partial charge in [0.1, 0.15) is 5.75 Å². The van der Waals surface area contributed by atoms with Crippen molar-refractivity contribution >= 4 is 15.9 Å². The van der Waals surface area contributed by atoms with Crippen molar-refractivity contribution in [3.8, 4) is 5.75 Å². The van der Waals surface area contributed by atoms with Gasteiger partial charge in [-0.2, -0.15) is 0 Å². The van der Waals surface area contributed by atoms with Gasteiger partial charge < -0.3 is 10.1 Å². The quantitative estimate of drug-likeness (QED) is 0.913. The molecule has 100 valence electrons. The first kappa shape index (κ1) is 13.9. The van der Waals surface area contributed by atoms with Gasteiger partial charge in [-0.1, -0.05) is 19.4 Å². The maximum Gasteiger partial charge on any atom is 0.133 e. The van der Waals surface area contributed by atoms with Crippen molar-refractivity contribution in [2.75, 3.05) is 13.7 Å². The molecule has 0 saturated carbocycles. The molecule has 0 amide bonds. The molecule has 1 heterocycles. The third-order valence-electron chi connectivity index (χ3n) is 3.88. The lowest BCUT2D eigenvalue weighted by atomic mass is 9.88. The fourth-order valence-corrected chi connectivity index (χ4v) is 3.33. The topological polar surface area (TPSA) is 21.3 Å². The Bertz CT molecular complexity index is 394. The Morgan fingerprint density at radius 2 is 2.28 bits per heavy atom. The summed E-state index contributed by atoms with van der Waals surface area (Å²) in [6.45, 7) is 3.47. The smallest absolute Gasteiger partial charge is 0.133 e. The number of benzene rings is 1. The minimum atomic E-state index is 0.629. The van der Waals surface area contributed by atoms with Crippen LogP contribution >= 0.6 is 15.9 Å². The highest BCUT2D eigenvalue weighted by molar-refractivity contribution is 9.10. The molecule has 18 heavy (non-hydrogen) atoms. The molecule has 0 bridgehead atoms. The van der Waals surface area contributed by atoms with E-state index in [1.165, 1.54) is 31.4 Å². The van der Waals surface area contributed by atoms with Crippen LogP contribution in [0.25, 0.3) is 0 Å². The lowest BCUT2D eigenvalue weighted by Gasteiger charge is -2.30. The molecular formula is C15H22BrNO. The van der Waals surface area contributed by atoms with Crippen LogP contribution in [-0.4, -0.2) is 19.7 Å². The summed E-state index contributed by atoms with van der Waals surface area (Å²) in [5.74, 6) is 1.81. The van der Waals surface area contributed by atoms with E-state index in [2.05, 4.69) is 40.3 Å². The molecule has 1 aromatic rings. The monoisotopic (exact) mass is 311 g/mol. The average Bonchev–Trinajstić information content (AvgIpc) is 2.39. The number of halogens is 1. The SMILES string of the molecule is CCC1CCNC(Cc2ccc(OC)c(Br)c2)C1. The number of ether oxygens (including phenoxy) is 1. The van der Waals surface area contributed by atoms with Gasteiger partial charge in [0.05, 0.1) is 11.6 Å². The van der Waals surface area contributed by atoms with Crippen molar-refractivity contribution in [1.82, 2.24) is 5.32 Å². The second-order valence-electron chi connectivity index (χ2n) is 5.12. The number of rotatable bonds is 4. The molecule has 2 nitrogen and oxygen atoms in total. The Balaban J connectivity index is 1.98. The molecule has 1 aliphatic rings. The van der Waals surface area contributed by atoms with E-state index >= 15 is 0 Å². The van der Waals surface area contributed by atoms with Crippen molar-refractivity contribution in [2.45, 2.75) is 38.6 Å². The molecular weight excluding hydrogens is 290 g/mol. The Kier molecular flexibility index (Phi) is 5.07. The van der Waals surface area contributed by atoms with Gasteiger partial charge in [0, 0.05) is 6.04 Å². The molecule has 0 aliphatic carbocycles. The first-order chi connectivity index (χ1) is 8.72. The fourth-order valence-electron chi connectivity index (χ4n) is 2.74. The highest BCUT2D eigenvalue weighted by Crippen LogP contribution is 2.27. The van der Waals surface area contributed by atoms with Gasteiger partial charge in [-0.3, -0.25) is 0 Å². The van der Waals surface area contributed by atoms with Gasteiger partial charge in [0.2, 0.25) is 0 Å². The van der Waals surface area contributed by atoms with Crippen molar-refractivity contribution in [1.29, 1.82) is 0 Å². The molecule has 0 aromatic heterocycles. The number of hydrogen-bond acceptors (Lipinski definition) is 2. The molecule has 2 atom stereocenters. The van der Waals surface area contributed by atoms with Crippen molar-refractivity contribution < 1.29 is 4.74 Å². The first-order valence-corrected chi connectivity index (χ1v) is 7.58. The maximum absolute atomic E-state index is 5.26. The van der Waals surface area contributed by atoms with Gasteiger partial charge in [-0.25, -0.2) is 0 Å². The summed E-state index contributed by atoms with van der Waals surface area (Å²) < 4.78 is 6.31. The van der Waals surface area contributed by atoms with Crippen LogP contribution in [0.1, 0.15) is 31.7 Å². The number of hydrogen-bond donors (Lipinski definition) is 1. The van der Waals surface area contributed by atoms with Gasteiger partial charge in [0.25, 0.3) is 0 Å². The fraction of sp³-hybridized carbons (Fsp3) is 0.600. The lowest BCUT2D eigenvalue weighted by molar-refractivity contribution is 0.294. The molecule has 1 N–H and O–H groups in total. The highest BCUT2D eigenvalue weighted by Gasteiger charge is 2.20. The standard InChI is InChI=1S/C15H22BrNO/c1-3-11-6-7-17-13(8-11)9-12-4-5-15(18-2)14(16)10-12/h4-5,10-11,13,17H,3,6-9H2,1-2H3. The van der Waals surface area contributed by atoms with Gasteiger partial charge >= 0.3 is 0 Å². The van der Waals surface area contributed by atoms with Crippen molar-refractivity contribution in [2.24, 2.45) is 5.92 Å². The molecule has 0 spiro atoms. The molecule has 2 unspecified atom stereocenters. The van der Waals surface area contributed by atoms with Gasteiger partial charge in [-0.15, -0.1) is 0 Å². The van der Waals surface area contributed by atoms with Crippen molar-refractivity contribution in [3.63, 3.8) is 0 Å². The zero-order valence-corrected chi connectivity index (χ0v) is 12.8. The van der Waals surface area contributed by atoms with Gasteiger partial charge in [0.15, 0.2) is 0 Å². The molecule has 1 aromatic carbocycles. The average molecular weight is 312 g/mol. The molecule has 1 aliphatic heterocycles. The Labute approximate surface area is 118 Å². The van der Waals surface area contributed by atoms with Crippen LogP contribution in [0.4, 0.5) is 0 Å². The van der Waals surface area contributed by atoms with E-state index < -0.39 is 0 Å². The summed E-state index contributed by atoms with van der Waals surface area (Å²) in [7, 11) is 1.70. The molecule has 0 radical (unpaired) electrons. The van der Waals surface area contributed by atoms with E-state index in [0.717, 1.165) is 22.6 Å². The van der Waals surface area contributed by atoms with Crippen LogP contribution in [0, 0.1) is 5.92 Å². The minimum Gasteiger partial charge on any atom is -0.496 e. The summed E-state index contributed by atoms with van der Waals surface area (Å²) in [6, 6.07) is 7.01. The predicted molar refractivity (Wildman–Crippen MR) is 79.2 cm³/mol. The Hall–Kier alpha value is -0.540. The first-order valence-electron chi connectivity index (χ1n) is 6.78. The van der Waals surface area contributed by atoms with E-state index in [-0.39, 0.29) is 0 Å². The van der Waals surface area contributed by atoms with Crippen LogP contribution in [0.15, 0.2) is 22.7 Å². The zero-order chi connectivity index (χ0) is 13.0. The minimum absolute atomic E-state index is 0.629. The maximum atomic E-state index is 5.26. The number of methoxy groups -OCH3 is 1. The summed E-state index contributed by atoms with van der Waals surface area (Å²) >= 11 is 3.55. The molecule has 2 rings (SSSR count). The molecule has 3 heteroatoms. The summed E-state index contributed by atoms with van der Waals surface area (Å²) in [6.07, 6.45) is 5.06. The van der Waals surface area contributed by atoms with Crippen LogP contribution in [-0.2, 0) is 6.42 Å². The van der Waals surface area contributed by atoms with E-state index in [1.54, 1.807) is 7.11 Å². The third kappa shape index (κ3) is 3.48. The second-order valence-corrected chi connectivity index (χ2v) is 5.98. The third-order valence-corrected chi connectivity index (χ3v) is 4.50. The van der Waals surface area contributed by atoms with E-state index in [1.807, 2.05) is 6.07 Å². The summed E-state index contributed by atoms with van der Waals surface area (Å²) in [5, 5.41) is 3.63. The van der Waals surface area contributed by atoms with Crippen molar-refractivity contribution in [3.05, 3.63) is 28.2 Å². The lowest BCUT2D eigenvalue weighted by Crippen LogP contribution is -2.39. The second kappa shape index (κ2) is 6.58. The Morgan fingerprint density at radius 3 is 2.94 bits per heavy atom. The zero-order valence-electron chi connectivity index (χ0n) is 11.2. The largest absolute Gasteiger partial charge is 0.496 e. The van der Waals surface area contributed by atoms with E-state index in [9.17, 15) is 0 Å². The van der Waals surface area contributed by atoms with E-state index in [0.29, 0.717) is 6.04 Å². The normalized spacial score (nSPS) is 23.9. The molecule has 1 fully saturated rings. The summed E-state index contributed by atoms with van der Waals surface area (Å²) in [4.78, 5) is 0. The van der Waals surface area contributed by atoms with Crippen LogP contribution in [0.2, 0.25) is 0 Å². The van der Waals surface area contributed by atoms with Crippen LogP contribution in [0.3, 0.4) is 0 Å². The number of nitrogens with one attached hydrogen (secondary N) is 1. The van der Waals surface area contributed by atoms with Gasteiger partial charge in [-0.05, 0) is 65.4 Å². The van der Waals surface area contributed by atoms with E-state index in [4.69, 9.17) is 4.74 Å². The molecule has 1 saturated heterocycles. The van der Waals surface area contributed by atoms with Crippen LogP contribution in [0.5, 0.6) is 5.75 Å². The predicted octanol–water partition coefficient (Wildman–Crippen LogP) is 3.78. The number of piperidine rings is 1. The Morgan fingerprint density at radius 1 is 1.44 bits per heavy atom. The summed E-state index contributed by atoms with van der Waals surface area (Å²) in [5.41, 5.74) is 1.37.